The number of nitrogens with one attached hydrogen (secondary N) is 2. The van der Waals surface area contributed by atoms with Crippen molar-refractivity contribution in [3.8, 4) is 0 Å². The molecule has 0 fully saturated rings. The number of para-hydroxylation sites is 1. The molecule has 0 saturated carbocycles. The molecule has 6 nitrogen and oxygen atoms in total. The van der Waals surface area contributed by atoms with Gasteiger partial charge in [0.1, 0.15) is 0 Å². The van der Waals surface area contributed by atoms with E-state index < -0.39 is 10.0 Å². The predicted octanol–water partition coefficient (Wildman–Crippen LogP) is 3.62. The fourth-order valence-corrected chi connectivity index (χ4v) is 4.66. The Kier molecular flexibility index (Phi) is 7.96. The van der Waals surface area contributed by atoms with Gasteiger partial charge < -0.3 is 10.6 Å². The Balaban J connectivity index is 1.99. The number of anilines is 1. The summed E-state index contributed by atoms with van der Waals surface area (Å²) in [5.74, 6) is -0.116. The van der Waals surface area contributed by atoms with E-state index >= 15 is 0 Å². The Morgan fingerprint density at radius 1 is 1.00 bits per heavy atom. The lowest BCUT2D eigenvalue weighted by molar-refractivity contribution is -0.115. The highest BCUT2D eigenvalue weighted by atomic mass is 32.2. The highest BCUT2D eigenvalue weighted by molar-refractivity contribution is 7.89. The zero-order valence-electron chi connectivity index (χ0n) is 17.8. The van der Waals surface area contributed by atoms with E-state index in [-0.39, 0.29) is 23.4 Å². The minimum Gasteiger partial charge on any atom is -0.324 e. The topological polar surface area (TPSA) is 78.5 Å². The maximum Gasteiger partial charge on any atom is 0.243 e. The summed E-state index contributed by atoms with van der Waals surface area (Å²) in [4.78, 5) is 12.6. The molecule has 2 N–H and O–H groups in total. The van der Waals surface area contributed by atoms with Gasteiger partial charge in [0.2, 0.25) is 15.9 Å². The lowest BCUT2D eigenvalue weighted by Crippen LogP contribution is -2.31. The van der Waals surface area contributed by atoms with Crippen LogP contribution in [0, 0.1) is 13.8 Å². The Labute approximate surface area is 174 Å². The summed E-state index contributed by atoms with van der Waals surface area (Å²) in [6, 6.07) is 12.6. The second-order valence-corrected chi connectivity index (χ2v) is 9.01. The highest BCUT2D eigenvalue weighted by Crippen LogP contribution is 2.20. The summed E-state index contributed by atoms with van der Waals surface area (Å²) < 4.78 is 26.6. The van der Waals surface area contributed by atoms with Gasteiger partial charge in [0.05, 0.1) is 11.4 Å². The van der Waals surface area contributed by atoms with Gasteiger partial charge in [-0.2, -0.15) is 4.31 Å². The third-order valence-corrected chi connectivity index (χ3v) is 7.10. The molecule has 0 radical (unpaired) electrons. The van der Waals surface area contributed by atoms with E-state index in [1.165, 1.54) is 4.31 Å². The third kappa shape index (κ3) is 5.65. The second kappa shape index (κ2) is 10.0. The minimum atomic E-state index is -3.46. The fourth-order valence-electron chi connectivity index (χ4n) is 3.20. The van der Waals surface area contributed by atoms with Crippen LogP contribution in [0.15, 0.2) is 47.4 Å². The normalized spacial score (nSPS) is 12.8. The van der Waals surface area contributed by atoms with Gasteiger partial charge >= 0.3 is 0 Å². The van der Waals surface area contributed by atoms with Crippen molar-refractivity contribution in [1.82, 2.24) is 9.62 Å². The number of carbonyl (C=O) groups excluding carboxylic acids is 1. The molecule has 29 heavy (non-hydrogen) atoms. The van der Waals surface area contributed by atoms with E-state index in [1.54, 1.807) is 24.3 Å². The van der Waals surface area contributed by atoms with E-state index in [1.807, 2.05) is 52.8 Å². The first-order chi connectivity index (χ1) is 13.7. The molecule has 1 amide bonds. The van der Waals surface area contributed by atoms with Crippen molar-refractivity contribution in [3.05, 3.63) is 59.2 Å². The van der Waals surface area contributed by atoms with Gasteiger partial charge in [0, 0.05) is 24.8 Å². The number of aryl methyl sites for hydroxylation is 2. The zero-order valence-corrected chi connectivity index (χ0v) is 18.6. The molecule has 2 aromatic rings. The van der Waals surface area contributed by atoms with Crippen LogP contribution in [-0.2, 0) is 14.8 Å². The number of sulfonamides is 1. The van der Waals surface area contributed by atoms with E-state index in [4.69, 9.17) is 0 Å². The Bertz CT molecular complexity index is 916. The molecular formula is C22H31N3O3S. The molecule has 0 unspecified atom stereocenters. The van der Waals surface area contributed by atoms with E-state index in [0.717, 1.165) is 22.4 Å². The maximum absolute atomic E-state index is 12.6. The van der Waals surface area contributed by atoms with Gasteiger partial charge in [-0.25, -0.2) is 8.42 Å². The number of amides is 1. The van der Waals surface area contributed by atoms with Crippen LogP contribution >= 0.6 is 0 Å². The van der Waals surface area contributed by atoms with Crippen molar-refractivity contribution in [2.45, 2.75) is 45.6 Å². The van der Waals surface area contributed by atoms with Crippen LogP contribution in [0.2, 0.25) is 0 Å². The predicted molar refractivity (Wildman–Crippen MR) is 118 cm³/mol. The standard InChI is InChI=1S/C22H31N3O3S/c1-6-25(7-2)29(27,28)20-13-11-19(12-14-20)18(5)23-15-21(26)24-22-16(3)9-8-10-17(22)4/h8-14,18,23H,6-7,15H2,1-5H3,(H,24,26)/t18-/m0/s1. The van der Waals surface area contributed by atoms with Gasteiger partial charge in [-0.3, -0.25) is 4.79 Å². The molecule has 0 bridgehead atoms. The molecule has 0 aliphatic rings. The van der Waals surface area contributed by atoms with Gasteiger partial charge in [-0.05, 0) is 49.6 Å². The molecule has 2 aromatic carbocycles. The first-order valence-electron chi connectivity index (χ1n) is 9.90. The summed E-state index contributed by atoms with van der Waals surface area (Å²) in [5, 5.41) is 6.14. The van der Waals surface area contributed by atoms with E-state index in [9.17, 15) is 13.2 Å². The largest absolute Gasteiger partial charge is 0.324 e. The molecule has 0 saturated heterocycles. The Hall–Kier alpha value is -2.22. The first kappa shape index (κ1) is 23.1. The van der Waals surface area contributed by atoms with Crippen molar-refractivity contribution in [1.29, 1.82) is 0 Å². The van der Waals surface area contributed by atoms with E-state index in [0.29, 0.717) is 13.1 Å². The monoisotopic (exact) mass is 417 g/mol. The van der Waals surface area contributed by atoms with Gasteiger partial charge in [0.15, 0.2) is 0 Å². The number of nitrogens with zero attached hydrogens (tertiary/aromatic N) is 1. The fraction of sp³-hybridized carbons (Fsp3) is 0.409. The van der Waals surface area contributed by atoms with Crippen LogP contribution in [0.1, 0.15) is 43.5 Å². The van der Waals surface area contributed by atoms with Crippen LogP contribution in [0.5, 0.6) is 0 Å². The van der Waals surface area contributed by atoms with Crippen LogP contribution < -0.4 is 10.6 Å². The summed E-state index contributed by atoms with van der Waals surface area (Å²) >= 11 is 0. The number of benzene rings is 2. The second-order valence-electron chi connectivity index (χ2n) is 7.08. The van der Waals surface area contributed by atoms with Crippen molar-refractivity contribution in [3.63, 3.8) is 0 Å². The number of carbonyl (C=O) groups is 1. The smallest absolute Gasteiger partial charge is 0.243 e. The Morgan fingerprint density at radius 3 is 2.07 bits per heavy atom. The van der Waals surface area contributed by atoms with Gasteiger partial charge in [-0.15, -0.1) is 0 Å². The van der Waals surface area contributed by atoms with Crippen LogP contribution in [-0.4, -0.2) is 38.3 Å². The number of hydrogen-bond acceptors (Lipinski definition) is 4. The highest BCUT2D eigenvalue weighted by Gasteiger charge is 2.21. The molecule has 0 heterocycles. The molecule has 158 valence electrons. The maximum atomic E-state index is 12.6. The SMILES string of the molecule is CCN(CC)S(=O)(=O)c1ccc([C@H](C)NCC(=O)Nc2c(C)cccc2C)cc1. The summed E-state index contributed by atoms with van der Waals surface area (Å²) in [6.07, 6.45) is 0. The quantitative estimate of drug-likeness (QED) is 0.653. The number of hydrogen-bond donors (Lipinski definition) is 2. The van der Waals surface area contributed by atoms with Crippen molar-refractivity contribution in [2.24, 2.45) is 0 Å². The van der Waals surface area contributed by atoms with E-state index in [2.05, 4.69) is 10.6 Å². The summed E-state index contributed by atoms with van der Waals surface area (Å²) in [6.45, 7) is 10.6. The molecule has 2 rings (SSSR count). The summed E-state index contributed by atoms with van der Waals surface area (Å²) in [7, 11) is -3.46. The summed E-state index contributed by atoms with van der Waals surface area (Å²) in [5.41, 5.74) is 3.81. The molecule has 0 aliphatic heterocycles. The van der Waals surface area contributed by atoms with Crippen LogP contribution in [0.25, 0.3) is 0 Å². The molecule has 1 atom stereocenters. The van der Waals surface area contributed by atoms with Gasteiger partial charge in [-0.1, -0.05) is 44.2 Å². The van der Waals surface area contributed by atoms with Crippen molar-refractivity contribution in [2.75, 3.05) is 25.0 Å². The first-order valence-corrected chi connectivity index (χ1v) is 11.3. The average molecular weight is 418 g/mol. The molecule has 0 spiro atoms. The average Bonchev–Trinajstić information content (AvgIpc) is 2.70. The zero-order chi connectivity index (χ0) is 21.6. The third-order valence-electron chi connectivity index (χ3n) is 5.04. The lowest BCUT2D eigenvalue weighted by atomic mass is 10.1. The molecular weight excluding hydrogens is 386 g/mol. The molecule has 7 heteroatoms. The molecule has 0 aromatic heterocycles. The van der Waals surface area contributed by atoms with Crippen molar-refractivity contribution < 1.29 is 13.2 Å². The van der Waals surface area contributed by atoms with Crippen molar-refractivity contribution >= 4 is 21.6 Å². The number of rotatable bonds is 9. The van der Waals surface area contributed by atoms with Crippen LogP contribution in [0.4, 0.5) is 5.69 Å². The molecule has 0 aliphatic carbocycles. The lowest BCUT2D eigenvalue weighted by Gasteiger charge is -2.19. The Morgan fingerprint density at radius 2 is 1.55 bits per heavy atom. The minimum absolute atomic E-state index is 0.0936. The van der Waals surface area contributed by atoms with Gasteiger partial charge in [0.25, 0.3) is 0 Å². The van der Waals surface area contributed by atoms with Crippen LogP contribution in [0.3, 0.4) is 0 Å².